The fraction of sp³-hybridized carbons (Fsp3) is 0.409. The van der Waals surface area contributed by atoms with Crippen LogP contribution >= 0.6 is 0 Å². The molecular weight excluding hydrogens is 384 g/mol. The van der Waals surface area contributed by atoms with E-state index in [-0.39, 0.29) is 16.9 Å². The maximum atomic E-state index is 13.1. The topological polar surface area (TPSA) is 87.0 Å². The van der Waals surface area contributed by atoms with Crippen molar-refractivity contribution in [2.45, 2.75) is 37.7 Å². The summed E-state index contributed by atoms with van der Waals surface area (Å²) in [6.07, 6.45) is 7.34. The molecule has 8 nitrogen and oxygen atoms in total. The lowest BCUT2D eigenvalue weighted by molar-refractivity contribution is 0.0154. The van der Waals surface area contributed by atoms with E-state index in [9.17, 15) is 4.79 Å². The van der Waals surface area contributed by atoms with Crippen molar-refractivity contribution in [3.8, 4) is 11.6 Å². The van der Waals surface area contributed by atoms with E-state index in [0.29, 0.717) is 29.5 Å². The van der Waals surface area contributed by atoms with Gasteiger partial charge in [-0.05, 0) is 38.8 Å². The van der Waals surface area contributed by atoms with Crippen LogP contribution in [-0.4, -0.2) is 46.7 Å². The van der Waals surface area contributed by atoms with Crippen LogP contribution in [0.5, 0.6) is 11.6 Å². The highest BCUT2D eigenvalue weighted by Crippen LogP contribution is 2.58. The summed E-state index contributed by atoms with van der Waals surface area (Å²) in [6, 6.07) is 3.48. The molecule has 3 aliphatic rings. The predicted octanol–water partition coefficient (Wildman–Crippen LogP) is 3.13. The minimum absolute atomic E-state index is 0.0175. The zero-order valence-corrected chi connectivity index (χ0v) is 17.5. The second kappa shape index (κ2) is 6.43. The monoisotopic (exact) mass is 408 g/mol. The van der Waals surface area contributed by atoms with Crippen molar-refractivity contribution in [2.24, 2.45) is 0 Å². The second-order valence-electron chi connectivity index (χ2n) is 8.44. The van der Waals surface area contributed by atoms with Gasteiger partial charge >= 0.3 is 0 Å². The van der Waals surface area contributed by atoms with Crippen molar-refractivity contribution in [1.82, 2.24) is 14.4 Å². The van der Waals surface area contributed by atoms with Crippen LogP contribution in [0.1, 0.15) is 41.4 Å². The quantitative estimate of drug-likeness (QED) is 0.698. The van der Waals surface area contributed by atoms with Crippen molar-refractivity contribution < 1.29 is 19.0 Å². The molecule has 1 N–H and O–H groups in total. The van der Waals surface area contributed by atoms with Gasteiger partial charge in [0.15, 0.2) is 0 Å². The zero-order valence-electron chi connectivity index (χ0n) is 17.5. The van der Waals surface area contributed by atoms with E-state index in [2.05, 4.69) is 17.2 Å². The van der Waals surface area contributed by atoms with Crippen molar-refractivity contribution in [1.29, 1.82) is 0 Å². The summed E-state index contributed by atoms with van der Waals surface area (Å²) in [5, 5.41) is 2.87. The Labute approximate surface area is 174 Å². The molecule has 2 saturated heterocycles. The van der Waals surface area contributed by atoms with E-state index in [4.69, 9.17) is 19.2 Å². The van der Waals surface area contributed by atoms with Crippen LogP contribution in [-0.2, 0) is 10.2 Å². The number of nitrogens with one attached hydrogen (secondary N) is 1. The Kier molecular flexibility index (Phi) is 4.05. The largest absolute Gasteiger partial charge is 0.495 e. The maximum Gasteiger partial charge on any atom is 0.261 e. The molecule has 0 spiro atoms. The van der Waals surface area contributed by atoms with Crippen LogP contribution in [0.25, 0.3) is 5.65 Å². The van der Waals surface area contributed by atoms with E-state index in [1.165, 1.54) is 7.11 Å². The normalized spacial score (nSPS) is 24.5. The van der Waals surface area contributed by atoms with Crippen LogP contribution in [0.2, 0.25) is 0 Å². The molecule has 0 radical (unpaired) electrons. The highest BCUT2D eigenvalue weighted by atomic mass is 16.5. The molecular formula is C22H24N4O4. The van der Waals surface area contributed by atoms with E-state index < -0.39 is 0 Å². The van der Waals surface area contributed by atoms with Gasteiger partial charge in [-0.15, -0.1) is 0 Å². The minimum Gasteiger partial charge on any atom is -0.495 e. The number of amides is 1. The fourth-order valence-electron chi connectivity index (χ4n) is 4.94. The maximum absolute atomic E-state index is 13.1. The summed E-state index contributed by atoms with van der Waals surface area (Å²) >= 11 is 0. The highest BCUT2D eigenvalue weighted by molar-refractivity contribution is 6.07. The predicted molar refractivity (Wildman–Crippen MR) is 110 cm³/mol. The number of methoxy groups -OCH3 is 2. The van der Waals surface area contributed by atoms with E-state index in [0.717, 1.165) is 29.7 Å². The molecule has 2 bridgehead atoms. The Bertz CT molecular complexity index is 1160. The van der Waals surface area contributed by atoms with Crippen LogP contribution in [0.4, 0.5) is 5.69 Å². The summed E-state index contributed by atoms with van der Waals surface area (Å²) < 4.78 is 18.7. The van der Waals surface area contributed by atoms with Gasteiger partial charge in [0.1, 0.15) is 17.1 Å². The molecule has 1 saturated carbocycles. The SMILES string of the molecule is COc1ncccc1NC(=O)c1cn2cc(C34COC(C)(C3)C4)nc2c(C)c1OC. The zero-order chi connectivity index (χ0) is 21.1. The van der Waals surface area contributed by atoms with Gasteiger partial charge in [0, 0.05) is 29.6 Å². The lowest BCUT2D eigenvalue weighted by atomic mass is 9.62. The molecule has 0 aromatic carbocycles. The molecule has 0 unspecified atom stereocenters. The van der Waals surface area contributed by atoms with Crippen LogP contribution in [0.3, 0.4) is 0 Å². The molecule has 8 heteroatoms. The third-order valence-electron chi connectivity index (χ3n) is 6.25. The number of imidazole rings is 1. The Morgan fingerprint density at radius 3 is 2.73 bits per heavy atom. The van der Waals surface area contributed by atoms with Crippen LogP contribution < -0.4 is 14.8 Å². The average molecular weight is 408 g/mol. The van der Waals surface area contributed by atoms with Crippen LogP contribution in [0.15, 0.2) is 30.7 Å². The number of rotatable bonds is 5. The average Bonchev–Trinajstić information content (AvgIpc) is 3.39. The van der Waals surface area contributed by atoms with Gasteiger partial charge in [0.05, 0.1) is 37.7 Å². The number of carbonyl (C=O) groups excluding carboxylic acids is 1. The smallest absolute Gasteiger partial charge is 0.261 e. The molecule has 3 aromatic rings. The molecule has 6 rings (SSSR count). The van der Waals surface area contributed by atoms with Crippen molar-refractivity contribution in [3.63, 3.8) is 0 Å². The van der Waals surface area contributed by atoms with Gasteiger partial charge in [0.2, 0.25) is 5.88 Å². The number of pyridine rings is 2. The lowest BCUT2D eigenvalue weighted by Gasteiger charge is -2.41. The number of hydrogen-bond donors (Lipinski definition) is 1. The number of nitrogens with zero attached hydrogens (tertiary/aromatic N) is 3. The highest BCUT2D eigenvalue weighted by Gasteiger charge is 2.61. The first-order chi connectivity index (χ1) is 14.4. The van der Waals surface area contributed by atoms with Crippen molar-refractivity contribution in [2.75, 3.05) is 26.1 Å². The molecule has 1 amide bonds. The Morgan fingerprint density at radius 1 is 1.27 bits per heavy atom. The second-order valence-corrected chi connectivity index (χ2v) is 8.44. The van der Waals surface area contributed by atoms with Gasteiger partial charge in [-0.2, -0.15) is 0 Å². The van der Waals surface area contributed by atoms with Crippen LogP contribution in [0, 0.1) is 6.92 Å². The third kappa shape index (κ3) is 2.67. The number of aryl methyl sites for hydroxylation is 1. The lowest BCUT2D eigenvalue weighted by Crippen LogP contribution is -2.45. The number of ether oxygens (including phenoxy) is 3. The van der Waals surface area contributed by atoms with Crippen molar-refractivity contribution >= 4 is 17.2 Å². The van der Waals surface area contributed by atoms with Gasteiger partial charge in [-0.3, -0.25) is 4.79 Å². The Balaban J connectivity index is 1.54. The Hall–Kier alpha value is -3.13. The standard InChI is InChI=1S/C22H24N4O4/c1-13-17(28-3)14(19(27)24-15-6-5-7-23-20(15)29-4)8-26-9-16(25-18(13)26)22-10-21(2,11-22)30-12-22/h5-9H,10-12H2,1-4H3,(H,24,27). The summed E-state index contributed by atoms with van der Waals surface area (Å²) in [4.78, 5) is 22.1. The fourth-order valence-corrected chi connectivity index (χ4v) is 4.94. The number of anilines is 1. The molecule has 2 aliphatic heterocycles. The van der Waals surface area contributed by atoms with Gasteiger partial charge < -0.3 is 23.9 Å². The molecule has 3 aromatic heterocycles. The number of hydrogen-bond acceptors (Lipinski definition) is 6. The Morgan fingerprint density at radius 2 is 2.07 bits per heavy atom. The summed E-state index contributed by atoms with van der Waals surface area (Å²) in [5.74, 6) is 0.538. The summed E-state index contributed by atoms with van der Waals surface area (Å²) in [7, 11) is 3.07. The molecule has 0 atom stereocenters. The summed E-state index contributed by atoms with van der Waals surface area (Å²) in [5.41, 5.74) is 3.47. The van der Waals surface area contributed by atoms with Gasteiger partial charge in [0.25, 0.3) is 5.91 Å². The molecule has 156 valence electrons. The van der Waals surface area contributed by atoms with Crippen molar-refractivity contribution in [3.05, 3.63) is 47.5 Å². The number of fused-ring (bicyclic) bond motifs is 2. The molecule has 1 aliphatic carbocycles. The van der Waals surface area contributed by atoms with E-state index >= 15 is 0 Å². The molecule has 3 fully saturated rings. The van der Waals surface area contributed by atoms with E-state index in [1.54, 1.807) is 31.6 Å². The minimum atomic E-state index is -0.308. The third-order valence-corrected chi connectivity index (χ3v) is 6.25. The summed E-state index contributed by atoms with van der Waals surface area (Å²) in [6.45, 7) is 4.76. The number of carbonyl (C=O) groups is 1. The molecule has 30 heavy (non-hydrogen) atoms. The first kappa shape index (κ1) is 18.9. The number of aromatic nitrogens is 3. The van der Waals surface area contributed by atoms with E-state index in [1.807, 2.05) is 17.5 Å². The van der Waals surface area contributed by atoms with Gasteiger partial charge in [-0.1, -0.05) is 0 Å². The first-order valence-electron chi connectivity index (χ1n) is 9.89. The first-order valence-corrected chi connectivity index (χ1v) is 9.89. The van der Waals surface area contributed by atoms with Gasteiger partial charge in [-0.25, -0.2) is 9.97 Å². The molecule has 5 heterocycles.